The lowest BCUT2D eigenvalue weighted by Gasteiger charge is -2.36. The number of likely N-dealkylation sites (tertiary alicyclic amines) is 1. The van der Waals surface area contributed by atoms with Gasteiger partial charge < -0.3 is 18.8 Å². The summed E-state index contributed by atoms with van der Waals surface area (Å²) >= 11 is 0. The van der Waals surface area contributed by atoms with Crippen LogP contribution in [-0.4, -0.2) is 54.4 Å². The molecule has 1 aromatic heterocycles. The second kappa shape index (κ2) is 7.54. The summed E-state index contributed by atoms with van der Waals surface area (Å²) < 4.78 is 16.9. The van der Waals surface area contributed by atoms with Crippen LogP contribution in [0.15, 0.2) is 28.7 Å². The van der Waals surface area contributed by atoms with E-state index in [4.69, 9.17) is 13.9 Å². The van der Waals surface area contributed by atoms with Gasteiger partial charge in [0.05, 0.1) is 13.0 Å². The second-order valence-electron chi connectivity index (χ2n) is 8.08. The number of aromatic nitrogens is 2. The first-order chi connectivity index (χ1) is 13.5. The summed E-state index contributed by atoms with van der Waals surface area (Å²) in [6, 6.07) is 7.31. The zero-order chi connectivity index (χ0) is 19.7. The quantitative estimate of drug-likeness (QED) is 0.804. The SMILES string of the molecule is COc1cccc(C(=O)N2CC(c3nnc(C(C)C)o3)C3(CCOCC3)C2)c1. The van der Waals surface area contributed by atoms with Crippen LogP contribution in [0.5, 0.6) is 5.75 Å². The molecule has 3 heterocycles. The van der Waals surface area contributed by atoms with Crippen LogP contribution in [0.2, 0.25) is 0 Å². The molecule has 0 N–H and O–H groups in total. The largest absolute Gasteiger partial charge is 0.497 e. The van der Waals surface area contributed by atoms with Gasteiger partial charge in [-0.25, -0.2) is 0 Å². The minimum atomic E-state index is -0.0758. The number of rotatable bonds is 4. The number of carbonyl (C=O) groups is 1. The van der Waals surface area contributed by atoms with Gasteiger partial charge in [-0.15, -0.1) is 10.2 Å². The van der Waals surface area contributed by atoms with E-state index in [1.807, 2.05) is 36.9 Å². The van der Waals surface area contributed by atoms with E-state index in [-0.39, 0.29) is 23.2 Å². The minimum absolute atomic E-state index is 0.0101. The van der Waals surface area contributed by atoms with Crippen LogP contribution in [0.3, 0.4) is 0 Å². The number of methoxy groups -OCH3 is 1. The minimum Gasteiger partial charge on any atom is -0.497 e. The summed E-state index contributed by atoms with van der Waals surface area (Å²) in [5.74, 6) is 2.20. The molecule has 0 radical (unpaired) electrons. The first-order valence-corrected chi connectivity index (χ1v) is 9.87. The molecular weight excluding hydrogens is 358 g/mol. The number of hydrogen-bond acceptors (Lipinski definition) is 6. The third kappa shape index (κ3) is 3.39. The van der Waals surface area contributed by atoms with Crippen molar-refractivity contribution in [2.24, 2.45) is 5.41 Å². The summed E-state index contributed by atoms with van der Waals surface area (Å²) in [6.07, 6.45) is 1.78. The van der Waals surface area contributed by atoms with Crippen molar-refractivity contribution in [2.75, 3.05) is 33.4 Å². The van der Waals surface area contributed by atoms with Crippen LogP contribution >= 0.6 is 0 Å². The van der Waals surface area contributed by atoms with Crippen molar-refractivity contribution in [1.29, 1.82) is 0 Å². The maximum Gasteiger partial charge on any atom is 0.254 e. The van der Waals surface area contributed by atoms with E-state index in [1.165, 1.54) is 0 Å². The fourth-order valence-electron chi connectivity index (χ4n) is 4.31. The van der Waals surface area contributed by atoms with E-state index in [9.17, 15) is 4.79 Å². The number of ether oxygens (including phenoxy) is 2. The Hall–Kier alpha value is -2.41. The van der Waals surface area contributed by atoms with Gasteiger partial charge in [-0.3, -0.25) is 4.79 Å². The molecule has 1 atom stereocenters. The summed E-state index contributed by atoms with van der Waals surface area (Å²) in [4.78, 5) is 15.1. The molecule has 0 aliphatic carbocycles. The lowest BCUT2D eigenvalue weighted by Crippen LogP contribution is -2.37. The van der Waals surface area contributed by atoms with E-state index in [2.05, 4.69) is 10.2 Å². The third-order valence-electron chi connectivity index (χ3n) is 5.99. The maximum atomic E-state index is 13.2. The van der Waals surface area contributed by atoms with E-state index in [1.54, 1.807) is 13.2 Å². The molecule has 7 nitrogen and oxygen atoms in total. The standard InChI is InChI=1S/C21H27N3O4/c1-14(2)18-22-23-19(28-18)17-12-24(13-21(17)7-9-27-10-8-21)20(25)15-5-4-6-16(11-15)26-3/h4-6,11,14,17H,7-10,12-13H2,1-3H3. The van der Waals surface area contributed by atoms with Crippen LogP contribution in [0, 0.1) is 5.41 Å². The summed E-state index contributed by atoms with van der Waals surface area (Å²) in [5.41, 5.74) is 0.559. The predicted octanol–water partition coefficient (Wildman–Crippen LogP) is 3.24. The topological polar surface area (TPSA) is 77.7 Å². The molecule has 2 aliphatic heterocycles. The van der Waals surface area contributed by atoms with Gasteiger partial charge in [0, 0.05) is 43.2 Å². The van der Waals surface area contributed by atoms with Crippen LogP contribution in [0.4, 0.5) is 0 Å². The number of hydrogen-bond donors (Lipinski definition) is 0. The molecule has 1 aromatic carbocycles. The highest BCUT2D eigenvalue weighted by atomic mass is 16.5. The van der Waals surface area contributed by atoms with Gasteiger partial charge in [-0.05, 0) is 31.0 Å². The number of benzene rings is 1. The molecule has 0 saturated carbocycles. The molecule has 2 saturated heterocycles. The Morgan fingerprint density at radius 2 is 2.07 bits per heavy atom. The molecule has 4 rings (SSSR count). The van der Waals surface area contributed by atoms with Gasteiger partial charge in [-0.2, -0.15) is 0 Å². The van der Waals surface area contributed by atoms with Gasteiger partial charge in [0.25, 0.3) is 5.91 Å². The van der Waals surface area contributed by atoms with Crippen molar-refractivity contribution in [1.82, 2.24) is 15.1 Å². The molecule has 150 valence electrons. The molecule has 1 unspecified atom stereocenters. The second-order valence-corrected chi connectivity index (χ2v) is 8.08. The van der Waals surface area contributed by atoms with E-state index in [0.29, 0.717) is 49.4 Å². The highest BCUT2D eigenvalue weighted by molar-refractivity contribution is 5.95. The summed E-state index contributed by atoms with van der Waals surface area (Å²) in [7, 11) is 1.61. The van der Waals surface area contributed by atoms with Gasteiger partial charge in [0.15, 0.2) is 0 Å². The number of nitrogens with zero attached hydrogens (tertiary/aromatic N) is 3. The Morgan fingerprint density at radius 1 is 1.29 bits per heavy atom. The Kier molecular flexibility index (Phi) is 5.10. The predicted molar refractivity (Wildman–Crippen MR) is 103 cm³/mol. The molecule has 7 heteroatoms. The lowest BCUT2D eigenvalue weighted by molar-refractivity contribution is 0.00888. The Bertz CT molecular complexity index is 842. The highest BCUT2D eigenvalue weighted by Gasteiger charge is 2.51. The number of amides is 1. The van der Waals surface area contributed by atoms with Crippen LogP contribution in [0.25, 0.3) is 0 Å². The Morgan fingerprint density at radius 3 is 2.75 bits per heavy atom. The highest BCUT2D eigenvalue weighted by Crippen LogP contribution is 2.49. The molecule has 1 spiro atoms. The molecule has 2 aromatic rings. The Balaban J connectivity index is 1.63. The van der Waals surface area contributed by atoms with Crippen LogP contribution < -0.4 is 4.74 Å². The summed E-state index contributed by atoms with van der Waals surface area (Å²) in [5, 5.41) is 8.57. The molecule has 2 fully saturated rings. The molecule has 28 heavy (non-hydrogen) atoms. The van der Waals surface area contributed by atoms with Gasteiger partial charge in [0.1, 0.15) is 5.75 Å². The van der Waals surface area contributed by atoms with Gasteiger partial charge >= 0.3 is 0 Å². The fraction of sp³-hybridized carbons (Fsp3) is 0.571. The molecular formula is C21H27N3O4. The van der Waals surface area contributed by atoms with Crippen molar-refractivity contribution < 1.29 is 18.7 Å². The van der Waals surface area contributed by atoms with E-state index >= 15 is 0 Å². The van der Waals surface area contributed by atoms with Crippen molar-refractivity contribution in [3.63, 3.8) is 0 Å². The van der Waals surface area contributed by atoms with Gasteiger partial charge in [0.2, 0.25) is 11.8 Å². The smallest absolute Gasteiger partial charge is 0.254 e. The van der Waals surface area contributed by atoms with Crippen molar-refractivity contribution in [3.05, 3.63) is 41.6 Å². The van der Waals surface area contributed by atoms with E-state index < -0.39 is 0 Å². The van der Waals surface area contributed by atoms with Crippen LogP contribution in [-0.2, 0) is 4.74 Å². The lowest BCUT2D eigenvalue weighted by atomic mass is 9.72. The molecule has 1 amide bonds. The monoisotopic (exact) mass is 385 g/mol. The number of carbonyl (C=O) groups excluding carboxylic acids is 1. The molecule has 0 bridgehead atoms. The summed E-state index contributed by atoms with van der Waals surface area (Å²) in [6.45, 7) is 6.72. The van der Waals surface area contributed by atoms with Crippen molar-refractivity contribution >= 4 is 5.91 Å². The van der Waals surface area contributed by atoms with Gasteiger partial charge in [-0.1, -0.05) is 19.9 Å². The Labute approximate surface area is 165 Å². The first-order valence-electron chi connectivity index (χ1n) is 9.87. The van der Waals surface area contributed by atoms with Crippen LogP contribution in [0.1, 0.15) is 60.7 Å². The zero-order valence-corrected chi connectivity index (χ0v) is 16.7. The van der Waals surface area contributed by atoms with Crippen molar-refractivity contribution in [2.45, 2.75) is 38.5 Å². The zero-order valence-electron chi connectivity index (χ0n) is 16.7. The van der Waals surface area contributed by atoms with Crippen molar-refractivity contribution in [3.8, 4) is 5.75 Å². The average Bonchev–Trinajstić information content (AvgIpc) is 3.33. The normalized spacial score (nSPS) is 21.4. The average molecular weight is 385 g/mol. The molecule has 2 aliphatic rings. The first kappa shape index (κ1) is 18.9. The maximum absolute atomic E-state index is 13.2. The fourth-order valence-corrected chi connectivity index (χ4v) is 4.31. The third-order valence-corrected chi connectivity index (χ3v) is 5.99. The van der Waals surface area contributed by atoms with E-state index in [0.717, 1.165) is 12.8 Å².